The number of hydrogen-bond donors (Lipinski definition) is 2. The van der Waals surface area contributed by atoms with Gasteiger partial charge in [0.25, 0.3) is 0 Å². The van der Waals surface area contributed by atoms with E-state index in [0.29, 0.717) is 6.42 Å². The zero-order chi connectivity index (χ0) is 22.9. The third-order valence-corrected chi connectivity index (χ3v) is 4.15. The standard InChI is InChI=1S/C23H36N2O5/c1-15(2)13-18(21(27)29-14-17-11-9-8-10-12-17)24-20(26)19(16(3)4)25-22(28)30-23(5,6)7/h8-12,15-16,18-19H,13-14H2,1-7H3,(H,24,26)(H,25,28)/t18-,19-/m0/s1. The number of hydrogen-bond acceptors (Lipinski definition) is 5. The van der Waals surface area contributed by atoms with E-state index >= 15 is 0 Å². The van der Waals surface area contributed by atoms with E-state index in [9.17, 15) is 14.4 Å². The maximum absolute atomic E-state index is 12.9. The van der Waals surface area contributed by atoms with Crippen LogP contribution in [0.25, 0.3) is 0 Å². The molecule has 7 nitrogen and oxygen atoms in total. The van der Waals surface area contributed by atoms with Crippen LogP contribution in [0.1, 0.15) is 60.5 Å². The summed E-state index contributed by atoms with van der Waals surface area (Å²) < 4.78 is 10.7. The van der Waals surface area contributed by atoms with Crippen molar-refractivity contribution in [3.05, 3.63) is 35.9 Å². The lowest BCUT2D eigenvalue weighted by molar-refractivity contribution is -0.150. The van der Waals surface area contributed by atoms with Crippen LogP contribution in [0, 0.1) is 11.8 Å². The number of alkyl carbamates (subject to hydrolysis) is 1. The van der Waals surface area contributed by atoms with Gasteiger partial charge in [0.15, 0.2) is 0 Å². The molecule has 0 radical (unpaired) electrons. The zero-order valence-electron chi connectivity index (χ0n) is 19.2. The quantitative estimate of drug-likeness (QED) is 0.593. The molecule has 1 rings (SSSR count). The second kappa shape index (κ2) is 11.6. The van der Waals surface area contributed by atoms with Gasteiger partial charge in [-0.05, 0) is 44.6 Å². The Morgan fingerprint density at radius 2 is 1.57 bits per heavy atom. The lowest BCUT2D eigenvalue weighted by Gasteiger charge is -2.27. The highest BCUT2D eigenvalue weighted by Crippen LogP contribution is 2.12. The largest absolute Gasteiger partial charge is 0.459 e. The van der Waals surface area contributed by atoms with Crippen molar-refractivity contribution in [3.63, 3.8) is 0 Å². The van der Waals surface area contributed by atoms with Crippen molar-refractivity contribution in [3.8, 4) is 0 Å². The molecule has 0 bridgehead atoms. The Bertz CT molecular complexity index is 695. The number of ether oxygens (including phenoxy) is 2. The van der Waals surface area contributed by atoms with Crippen molar-refractivity contribution in [1.82, 2.24) is 10.6 Å². The average Bonchev–Trinajstić information content (AvgIpc) is 2.62. The summed E-state index contributed by atoms with van der Waals surface area (Å²) in [5.74, 6) is -0.979. The van der Waals surface area contributed by atoms with Gasteiger partial charge in [0.2, 0.25) is 5.91 Å². The van der Waals surface area contributed by atoms with Crippen LogP contribution in [-0.4, -0.2) is 35.7 Å². The highest BCUT2D eigenvalue weighted by atomic mass is 16.6. The van der Waals surface area contributed by atoms with Gasteiger partial charge in [0.05, 0.1) is 0 Å². The van der Waals surface area contributed by atoms with Gasteiger partial charge in [-0.2, -0.15) is 0 Å². The van der Waals surface area contributed by atoms with Crippen LogP contribution in [0.5, 0.6) is 0 Å². The number of amides is 2. The average molecular weight is 421 g/mol. The van der Waals surface area contributed by atoms with Gasteiger partial charge >= 0.3 is 12.1 Å². The SMILES string of the molecule is CC(C)C[C@H](NC(=O)[C@@H](NC(=O)OC(C)(C)C)C(C)C)C(=O)OCc1ccccc1. The first-order valence-corrected chi connectivity index (χ1v) is 10.4. The second-order valence-corrected chi connectivity index (χ2v) is 9.15. The van der Waals surface area contributed by atoms with Gasteiger partial charge in [-0.25, -0.2) is 9.59 Å². The van der Waals surface area contributed by atoms with Crippen LogP contribution in [0.15, 0.2) is 30.3 Å². The van der Waals surface area contributed by atoms with Crippen LogP contribution < -0.4 is 10.6 Å². The van der Waals surface area contributed by atoms with E-state index in [-0.39, 0.29) is 18.4 Å². The van der Waals surface area contributed by atoms with E-state index in [0.717, 1.165) is 5.56 Å². The molecule has 1 aromatic carbocycles. The van der Waals surface area contributed by atoms with E-state index < -0.39 is 35.7 Å². The van der Waals surface area contributed by atoms with Crippen LogP contribution in [-0.2, 0) is 25.7 Å². The van der Waals surface area contributed by atoms with Crippen molar-refractivity contribution < 1.29 is 23.9 Å². The molecule has 0 heterocycles. The van der Waals surface area contributed by atoms with Crippen molar-refractivity contribution in [1.29, 1.82) is 0 Å². The molecule has 0 unspecified atom stereocenters. The van der Waals surface area contributed by atoms with Gasteiger partial charge in [0, 0.05) is 0 Å². The van der Waals surface area contributed by atoms with Gasteiger partial charge in [-0.1, -0.05) is 58.0 Å². The van der Waals surface area contributed by atoms with Crippen molar-refractivity contribution >= 4 is 18.0 Å². The van der Waals surface area contributed by atoms with Crippen LogP contribution in [0.2, 0.25) is 0 Å². The molecule has 1 aromatic rings. The lowest BCUT2D eigenvalue weighted by Crippen LogP contribution is -2.54. The van der Waals surface area contributed by atoms with Crippen molar-refractivity contribution in [2.24, 2.45) is 11.8 Å². The third kappa shape index (κ3) is 9.76. The Balaban J connectivity index is 2.80. The molecule has 0 aliphatic heterocycles. The minimum Gasteiger partial charge on any atom is -0.459 e. The van der Waals surface area contributed by atoms with Gasteiger partial charge < -0.3 is 20.1 Å². The Labute approximate surface area is 179 Å². The number of carbonyl (C=O) groups is 3. The number of carbonyl (C=O) groups excluding carboxylic acids is 3. The van der Waals surface area contributed by atoms with E-state index in [2.05, 4.69) is 10.6 Å². The monoisotopic (exact) mass is 420 g/mol. The second-order valence-electron chi connectivity index (χ2n) is 9.15. The Hall–Kier alpha value is -2.57. The van der Waals surface area contributed by atoms with Gasteiger partial charge in [-0.15, -0.1) is 0 Å². The number of benzene rings is 1. The molecule has 2 atom stereocenters. The molecule has 7 heteroatoms. The van der Waals surface area contributed by atoms with E-state index in [1.807, 2.05) is 58.0 Å². The molecule has 0 aliphatic carbocycles. The fourth-order valence-corrected chi connectivity index (χ4v) is 2.75. The first kappa shape index (κ1) is 25.5. The topological polar surface area (TPSA) is 93.7 Å². The van der Waals surface area contributed by atoms with Gasteiger partial charge in [0.1, 0.15) is 24.3 Å². The van der Waals surface area contributed by atoms with Crippen molar-refractivity contribution in [2.75, 3.05) is 0 Å². The smallest absolute Gasteiger partial charge is 0.408 e. The normalized spacial score (nSPS) is 13.5. The molecule has 168 valence electrons. The van der Waals surface area contributed by atoms with Crippen LogP contribution >= 0.6 is 0 Å². The molecule has 2 amide bonds. The molecule has 30 heavy (non-hydrogen) atoms. The predicted octanol–water partition coefficient (Wildman–Crippen LogP) is 3.81. The summed E-state index contributed by atoms with van der Waals surface area (Å²) in [5.41, 5.74) is 0.191. The Morgan fingerprint density at radius 3 is 2.07 bits per heavy atom. The highest BCUT2D eigenvalue weighted by Gasteiger charge is 2.31. The summed E-state index contributed by atoms with van der Waals surface area (Å²) in [5, 5.41) is 5.35. The summed E-state index contributed by atoms with van der Waals surface area (Å²) in [4.78, 5) is 37.6. The third-order valence-electron chi connectivity index (χ3n) is 4.15. The maximum Gasteiger partial charge on any atom is 0.408 e. The summed E-state index contributed by atoms with van der Waals surface area (Å²) in [7, 11) is 0. The number of rotatable bonds is 9. The fraction of sp³-hybridized carbons (Fsp3) is 0.609. The predicted molar refractivity (Wildman–Crippen MR) is 116 cm³/mol. The van der Waals surface area contributed by atoms with E-state index in [1.165, 1.54) is 0 Å². The first-order valence-electron chi connectivity index (χ1n) is 10.4. The molecule has 2 N–H and O–H groups in total. The molecule has 0 fully saturated rings. The summed E-state index contributed by atoms with van der Waals surface area (Å²) in [6, 6.07) is 7.71. The molecule has 0 aliphatic rings. The summed E-state index contributed by atoms with van der Waals surface area (Å²) in [6.07, 6.45) is -0.250. The molecule has 0 saturated carbocycles. The maximum atomic E-state index is 12.9. The Morgan fingerprint density at radius 1 is 0.967 bits per heavy atom. The molecular weight excluding hydrogens is 384 g/mol. The molecular formula is C23H36N2O5. The lowest BCUT2D eigenvalue weighted by atomic mass is 10.0. The van der Waals surface area contributed by atoms with E-state index in [4.69, 9.17) is 9.47 Å². The van der Waals surface area contributed by atoms with Crippen molar-refractivity contribution in [2.45, 2.75) is 79.2 Å². The molecule has 0 spiro atoms. The van der Waals surface area contributed by atoms with E-state index in [1.54, 1.807) is 20.8 Å². The molecule has 0 aromatic heterocycles. The zero-order valence-corrected chi connectivity index (χ0v) is 19.2. The minimum absolute atomic E-state index is 0.133. The van der Waals surface area contributed by atoms with Crippen LogP contribution in [0.4, 0.5) is 4.79 Å². The fourth-order valence-electron chi connectivity index (χ4n) is 2.75. The first-order chi connectivity index (χ1) is 13.9. The summed E-state index contributed by atoms with van der Waals surface area (Å²) >= 11 is 0. The Kier molecular flexibility index (Phi) is 9.82. The van der Waals surface area contributed by atoms with Gasteiger partial charge in [-0.3, -0.25) is 4.79 Å². The van der Waals surface area contributed by atoms with Crippen LogP contribution in [0.3, 0.4) is 0 Å². The number of nitrogens with one attached hydrogen (secondary N) is 2. The summed E-state index contributed by atoms with van der Waals surface area (Å²) in [6.45, 7) is 12.9. The highest BCUT2D eigenvalue weighted by molar-refractivity contribution is 5.89. The number of esters is 1. The minimum atomic E-state index is -0.837. The molecule has 0 saturated heterocycles.